The lowest BCUT2D eigenvalue weighted by molar-refractivity contribution is 0.234. The molecule has 0 spiro atoms. The molecule has 0 atom stereocenters. The molecule has 0 saturated carbocycles. The zero-order valence-corrected chi connectivity index (χ0v) is 9.37. The van der Waals surface area contributed by atoms with Gasteiger partial charge in [0.2, 0.25) is 0 Å². The predicted molar refractivity (Wildman–Crippen MR) is 66.4 cm³/mol. The summed E-state index contributed by atoms with van der Waals surface area (Å²) in [5, 5.41) is 4.75. The van der Waals surface area contributed by atoms with Gasteiger partial charge < -0.3 is 10.3 Å². The minimum absolute atomic E-state index is 1.07. The molecule has 0 unspecified atom stereocenters. The molecule has 0 aliphatic carbocycles. The van der Waals surface area contributed by atoms with Gasteiger partial charge in [-0.05, 0) is 17.7 Å². The van der Waals surface area contributed by atoms with Crippen molar-refractivity contribution in [3.63, 3.8) is 0 Å². The van der Waals surface area contributed by atoms with Crippen molar-refractivity contribution in [1.82, 2.24) is 15.2 Å². The number of aromatic nitrogens is 1. The summed E-state index contributed by atoms with van der Waals surface area (Å²) in [4.78, 5) is 5.78. The fourth-order valence-electron chi connectivity index (χ4n) is 2.40. The quantitative estimate of drug-likeness (QED) is 0.797. The van der Waals surface area contributed by atoms with Gasteiger partial charge in [-0.2, -0.15) is 0 Å². The first kappa shape index (κ1) is 9.87. The van der Waals surface area contributed by atoms with Crippen molar-refractivity contribution in [3.8, 4) is 0 Å². The van der Waals surface area contributed by atoms with E-state index in [2.05, 4.69) is 39.5 Å². The van der Waals surface area contributed by atoms with Gasteiger partial charge in [-0.3, -0.25) is 4.90 Å². The molecule has 1 aromatic heterocycles. The molecule has 2 heterocycles. The van der Waals surface area contributed by atoms with Crippen molar-refractivity contribution in [1.29, 1.82) is 0 Å². The van der Waals surface area contributed by atoms with Crippen molar-refractivity contribution in [2.45, 2.75) is 6.54 Å². The highest BCUT2D eigenvalue weighted by Crippen LogP contribution is 2.19. The average molecular weight is 215 g/mol. The van der Waals surface area contributed by atoms with Gasteiger partial charge in [0.25, 0.3) is 0 Å². The number of rotatable bonds is 2. The summed E-state index contributed by atoms with van der Waals surface area (Å²) in [5.74, 6) is 0. The highest BCUT2D eigenvalue weighted by Gasteiger charge is 2.11. The zero-order chi connectivity index (χ0) is 10.8. The predicted octanol–water partition coefficient (Wildman–Crippen LogP) is 1.57. The molecule has 3 heteroatoms. The molecule has 16 heavy (non-hydrogen) atoms. The van der Waals surface area contributed by atoms with E-state index in [4.69, 9.17) is 0 Å². The van der Waals surface area contributed by atoms with Crippen molar-refractivity contribution in [3.05, 3.63) is 36.0 Å². The van der Waals surface area contributed by atoms with Crippen LogP contribution in [0.15, 0.2) is 30.5 Å². The van der Waals surface area contributed by atoms with Crippen LogP contribution < -0.4 is 5.32 Å². The first-order valence-electron chi connectivity index (χ1n) is 5.91. The molecule has 1 aliphatic rings. The van der Waals surface area contributed by atoms with E-state index < -0.39 is 0 Å². The molecule has 0 bridgehead atoms. The van der Waals surface area contributed by atoms with E-state index in [-0.39, 0.29) is 0 Å². The van der Waals surface area contributed by atoms with Crippen LogP contribution in [0, 0.1) is 0 Å². The standard InChI is InChI=1S/C13H17N3/c1-2-11(10-16-8-6-14-7-9-16)12-4-5-15-13(12)3-1/h1-5,14-15H,6-10H2. The van der Waals surface area contributed by atoms with E-state index in [1.807, 2.05) is 6.20 Å². The number of nitrogens with one attached hydrogen (secondary N) is 2. The average Bonchev–Trinajstić information content (AvgIpc) is 2.80. The maximum atomic E-state index is 3.38. The Balaban J connectivity index is 1.85. The van der Waals surface area contributed by atoms with E-state index in [1.165, 1.54) is 16.5 Å². The van der Waals surface area contributed by atoms with Crippen LogP contribution in [0.1, 0.15) is 5.56 Å². The van der Waals surface area contributed by atoms with Crippen LogP contribution in [0.25, 0.3) is 10.9 Å². The molecule has 3 rings (SSSR count). The van der Waals surface area contributed by atoms with Gasteiger partial charge in [0, 0.05) is 49.8 Å². The van der Waals surface area contributed by atoms with Gasteiger partial charge >= 0.3 is 0 Å². The summed E-state index contributed by atoms with van der Waals surface area (Å²) in [6.07, 6.45) is 2.02. The Hall–Kier alpha value is -1.32. The highest BCUT2D eigenvalue weighted by atomic mass is 15.2. The third-order valence-electron chi connectivity index (χ3n) is 3.29. The van der Waals surface area contributed by atoms with Crippen molar-refractivity contribution in [2.24, 2.45) is 0 Å². The monoisotopic (exact) mass is 215 g/mol. The molecule has 84 valence electrons. The Morgan fingerprint density at radius 1 is 1.12 bits per heavy atom. The molecule has 0 radical (unpaired) electrons. The summed E-state index contributed by atoms with van der Waals surface area (Å²) in [6, 6.07) is 8.68. The minimum atomic E-state index is 1.07. The Morgan fingerprint density at radius 2 is 2.00 bits per heavy atom. The molecule has 0 amide bonds. The van der Waals surface area contributed by atoms with E-state index >= 15 is 0 Å². The number of piperazine rings is 1. The minimum Gasteiger partial charge on any atom is -0.361 e. The molecule has 3 nitrogen and oxygen atoms in total. The maximum absolute atomic E-state index is 3.38. The number of benzene rings is 1. The Bertz CT molecular complexity index is 469. The number of hydrogen-bond donors (Lipinski definition) is 2. The highest BCUT2D eigenvalue weighted by molar-refractivity contribution is 5.82. The summed E-state index contributed by atoms with van der Waals surface area (Å²) in [5.41, 5.74) is 2.67. The second kappa shape index (κ2) is 4.28. The molecular weight excluding hydrogens is 198 g/mol. The lowest BCUT2D eigenvalue weighted by Crippen LogP contribution is -2.42. The number of nitrogens with zero attached hydrogens (tertiary/aromatic N) is 1. The molecular formula is C13H17N3. The molecule has 2 N–H and O–H groups in total. The van der Waals surface area contributed by atoms with Crippen molar-refractivity contribution >= 4 is 10.9 Å². The second-order valence-electron chi connectivity index (χ2n) is 4.38. The molecule has 1 saturated heterocycles. The van der Waals surface area contributed by atoms with Gasteiger partial charge in [0.15, 0.2) is 0 Å². The number of H-pyrrole nitrogens is 1. The van der Waals surface area contributed by atoms with E-state index in [0.29, 0.717) is 0 Å². The number of hydrogen-bond acceptors (Lipinski definition) is 2. The summed E-state index contributed by atoms with van der Waals surface area (Å²) < 4.78 is 0. The Kier molecular flexibility index (Phi) is 2.64. The first-order chi connectivity index (χ1) is 7.93. The normalized spacial score (nSPS) is 18.0. The molecule has 1 fully saturated rings. The van der Waals surface area contributed by atoms with Crippen molar-refractivity contribution < 1.29 is 0 Å². The second-order valence-corrected chi connectivity index (χ2v) is 4.38. The van der Waals surface area contributed by atoms with Crippen molar-refractivity contribution in [2.75, 3.05) is 26.2 Å². The smallest absolute Gasteiger partial charge is 0.0457 e. The summed E-state index contributed by atoms with van der Waals surface area (Å²) >= 11 is 0. The fraction of sp³-hybridized carbons (Fsp3) is 0.385. The largest absolute Gasteiger partial charge is 0.361 e. The molecule has 1 aliphatic heterocycles. The Morgan fingerprint density at radius 3 is 2.88 bits per heavy atom. The topological polar surface area (TPSA) is 31.1 Å². The van der Waals surface area contributed by atoms with Crippen LogP contribution in [0.5, 0.6) is 0 Å². The van der Waals surface area contributed by atoms with Crippen LogP contribution in [-0.4, -0.2) is 36.1 Å². The maximum Gasteiger partial charge on any atom is 0.0457 e. The van der Waals surface area contributed by atoms with Gasteiger partial charge in [-0.25, -0.2) is 0 Å². The number of aromatic amines is 1. The summed E-state index contributed by atoms with van der Waals surface area (Å²) in [7, 11) is 0. The first-order valence-corrected chi connectivity index (χ1v) is 5.91. The van der Waals surface area contributed by atoms with Crippen LogP contribution in [0.4, 0.5) is 0 Å². The lowest BCUT2D eigenvalue weighted by atomic mass is 10.1. The van der Waals surface area contributed by atoms with Crippen LogP contribution >= 0.6 is 0 Å². The lowest BCUT2D eigenvalue weighted by Gasteiger charge is -2.27. The van der Waals surface area contributed by atoms with E-state index in [0.717, 1.165) is 32.7 Å². The van der Waals surface area contributed by atoms with Gasteiger partial charge in [-0.15, -0.1) is 0 Å². The Labute approximate surface area is 95.5 Å². The fourth-order valence-corrected chi connectivity index (χ4v) is 2.40. The van der Waals surface area contributed by atoms with Gasteiger partial charge in [0.1, 0.15) is 0 Å². The van der Waals surface area contributed by atoms with E-state index in [9.17, 15) is 0 Å². The van der Waals surface area contributed by atoms with Crippen LogP contribution in [0.2, 0.25) is 0 Å². The van der Waals surface area contributed by atoms with Crippen LogP contribution in [-0.2, 0) is 6.54 Å². The van der Waals surface area contributed by atoms with Gasteiger partial charge in [0.05, 0.1) is 0 Å². The van der Waals surface area contributed by atoms with Gasteiger partial charge in [-0.1, -0.05) is 12.1 Å². The molecule has 2 aromatic rings. The van der Waals surface area contributed by atoms with Crippen LogP contribution in [0.3, 0.4) is 0 Å². The third-order valence-corrected chi connectivity index (χ3v) is 3.29. The summed E-state index contributed by atoms with van der Waals surface area (Å²) in [6.45, 7) is 5.60. The SMILES string of the molecule is c1cc(CN2CCNCC2)c2cc[nH]c2c1. The molecule has 1 aromatic carbocycles. The number of fused-ring (bicyclic) bond motifs is 1. The van der Waals surface area contributed by atoms with E-state index in [1.54, 1.807) is 0 Å². The zero-order valence-electron chi connectivity index (χ0n) is 9.37. The third kappa shape index (κ3) is 1.84.